The lowest BCUT2D eigenvalue weighted by atomic mass is 10.2. The number of halogens is 1. The van der Waals surface area contributed by atoms with E-state index < -0.39 is 0 Å². The first-order valence-electron chi connectivity index (χ1n) is 5.15. The molecule has 1 fully saturated rings. The van der Waals surface area contributed by atoms with Crippen molar-refractivity contribution >= 4 is 50.8 Å². The van der Waals surface area contributed by atoms with Gasteiger partial charge in [0.2, 0.25) is 0 Å². The van der Waals surface area contributed by atoms with Crippen molar-refractivity contribution in [1.29, 1.82) is 0 Å². The summed E-state index contributed by atoms with van der Waals surface area (Å²) in [5, 5.41) is 0. The molecule has 5 heteroatoms. The van der Waals surface area contributed by atoms with Gasteiger partial charge in [0.1, 0.15) is 4.32 Å². The SMILES string of the molecule is S=C(S)N1CCN(c2ccc(Br)cc2)CC1. The van der Waals surface area contributed by atoms with Gasteiger partial charge < -0.3 is 9.80 Å². The minimum Gasteiger partial charge on any atom is -0.368 e. The number of hydrogen-bond acceptors (Lipinski definition) is 2. The number of thiocarbonyl (C=S) groups is 1. The fourth-order valence-corrected chi connectivity index (χ4v) is 2.45. The van der Waals surface area contributed by atoms with E-state index in [0.29, 0.717) is 4.32 Å². The summed E-state index contributed by atoms with van der Waals surface area (Å²) >= 11 is 12.7. The predicted octanol–water partition coefficient (Wildman–Crippen LogP) is 2.79. The van der Waals surface area contributed by atoms with Crippen LogP contribution in [0.25, 0.3) is 0 Å². The molecule has 0 spiro atoms. The lowest BCUT2D eigenvalue weighted by molar-refractivity contribution is 0.398. The Balaban J connectivity index is 1.99. The average molecular weight is 317 g/mol. The molecule has 0 amide bonds. The number of rotatable bonds is 1. The highest BCUT2D eigenvalue weighted by atomic mass is 79.9. The second kappa shape index (κ2) is 5.38. The number of piperazine rings is 1. The Morgan fingerprint density at radius 3 is 2.19 bits per heavy atom. The van der Waals surface area contributed by atoms with E-state index in [-0.39, 0.29) is 0 Å². The molecular weight excluding hydrogens is 304 g/mol. The van der Waals surface area contributed by atoms with E-state index in [9.17, 15) is 0 Å². The predicted molar refractivity (Wildman–Crippen MR) is 79.5 cm³/mol. The van der Waals surface area contributed by atoms with Crippen molar-refractivity contribution in [2.24, 2.45) is 0 Å². The summed E-state index contributed by atoms with van der Waals surface area (Å²) in [5.74, 6) is 0. The van der Waals surface area contributed by atoms with Crippen molar-refractivity contribution in [3.05, 3.63) is 28.7 Å². The quantitative estimate of drug-likeness (QED) is 0.629. The third-order valence-electron chi connectivity index (χ3n) is 2.74. The largest absolute Gasteiger partial charge is 0.368 e. The molecular formula is C11H13BrN2S2. The molecule has 1 aliphatic heterocycles. The van der Waals surface area contributed by atoms with Crippen LogP contribution in [0, 0.1) is 0 Å². The highest BCUT2D eigenvalue weighted by Gasteiger charge is 2.17. The van der Waals surface area contributed by atoms with Crippen molar-refractivity contribution in [3.8, 4) is 0 Å². The number of anilines is 1. The molecule has 0 aromatic heterocycles. The normalized spacial score (nSPS) is 16.4. The monoisotopic (exact) mass is 316 g/mol. The average Bonchev–Trinajstić information content (AvgIpc) is 2.30. The van der Waals surface area contributed by atoms with Gasteiger partial charge >= 0.3 is 0 Å². The third-order valence-corrected chi connectivity index (χ3v) is 3.81. The van der Waals surface area contributed by atoms with Gasteiger partial charge in [0, 0.05) is 36.3 Å². The number of hydrogen-bond donors (Lipinski definition) is 1. The summed E-state index contributed by atoms with van der Waals surface area (Å²) in [6.45, 7) is 3.92. The van der Waals surface area contributed by atoms with Gasteiger partial charge in [-0.1, -0.05) is 28.1 Å². The first-order valence-corrected chi connectivity index (χ1v) is 6.80. The molecule has 0 radical (unpaired) electrons. The molecule has 0 aliphatic carbocycles. The minimum atomic E-state index is 0.704. The van der Waals surface area contributed by atoms with Gasteiger partial charge in [-0.05, 0) is 24.3 Å². The molecule has 0 atom stereocenters. The summed E-state index contributed by atoms with van der Waals surface area (Å²) < 4.78 is 1.82. The molecule has 0 saturated carbocycles. The summed E-state index contributed by atoms with van der Waals surface area (Å²) in [6.07, 6.45) is 0. The van der Waals surface area contributed by atoms with Crippen molar-refractivity contribution < 1.29 is 0 Å². The maximum atomic E-state index is 5.05. The zero-order valence-corrected chi connectivity index (χ0v) is 12.1. The van der Waals surface area contributed by atoms with Crippen LogP contribution in [0.1, 0.15) is 0 Å². The Morgan fingerprint density at radius 2 is 1.69 bits per heavy atom. The first-order chi connectivity index (χ1) is 7.66. The van der Waals surface area contributed by atoms with E-state index in [1.807, 2.05) is 0 Å². The van der Waals surface area contributed by atoms with Crippen molar-refractivity contribution in [2.45, 2.75) is 0 Å². The summed E-state index contributed by atoms with van der Waals surface area (Å²) in [5.41, 5.74) is 1.27. The second-order valence-corrected chi connectivity index (χ2v) is 5.76. The molecule has 1 heterocycles. The van der Waals surface area contributed by atoms with E-state index >= 15 is 0 Å². The lowest BCUT2D eigenvalue weighted by Gasteiger charge is -2.36. The summed E-state index contributed by atoms with van der Waals surface area (Å²) in [4.78, 5) is 4.50. The van der Waals surface area contributed by atoms with Crippen LogP contribution in [0.3, 0.4) is 0 Å². The first kappa shape index (κ1) is 12.2. The minimum absolute atomic E-state index is 0.704. The second-order valence-electron chi connectivity index (χ2n) is 3.73. The Bertz CT molecular complexity index is 372. The van der Waals surface area contributed by atoms with E-state index in [0.717, 1.165) is 30.7 Å². The smallest absolute Gasteiger partial charge is 0.133 e. The molecule has 1 aliphatic rings. The zero-order valence-electron chi connectivity index (χ0n) is 8.77. The standard InChI is InChI=1S/C11H13BrN2S2/c12-9-1-3-10(4-2-9)13-5-7-14(8-6-13)11(15)16/h1-4H,5-8H2,(H,15,16). The lowest BCUT2D eigenvalue weighted by Crippen LogP contribution is -2.47. The van der Waals surface area contributed by atoms with Crippen LogP contribution in [-0.4, -0.2) is 35.4 Å². The Labute approximate surface area is 115 Å². The maximum Gasteiger partial charge on any atom is 0.133 e. The van der Waals surface area contributed by atoms with Crippen LogP contribution in [0.4, 0.5) is 5.69 Å². The van der Waals surface area contributed by atoms with Crippen LogP contribution in [0.2, 0.25) is 0 Å². The molecule has 0 unspecified atom stereocenters. The van der Waals surface area contributed by atoms with Gasteiger partial charge in [0.05, 0.1) is 0 Å². The highest BCUT2D eigenvalue weighted by molar-refractivity contribution is 9.10. The van der Waals surface area contributed by atoms with Gasteiger partial charge in [-0.25, -0.2) is 0 Å². The van der Waals surface area contributed by atoms with Gasteiger partial charge in [-0.3, -0.25) is 0 Å². The van der Waals surface area contributed by atoms with Crippen LogP contribution >= 0.6 is 40.8 Å². The molecule has 2 nitrogen and oxygen atoms in total. The molecule has 0 bridgehead atoms. The Morgan fingerprint density at radius 1 is 1.12 bits per heavy atom. The van der Waals surface area contributed by atoms with Gasteiger partial charge in [0.25, 0.3) is 0 Å². The molecule has 2 rings (SSSR count). The van der Waals surface area contributed by atoms with Crippen LogP contribution in [-0.2, 0) is 0 Å². The Kier molecular flexibility index (Phi) is 4.10. The molecule has 1 saturated heterocycles. The van der Waals surface area contributed by atoms with E-state index in [4.69, 9.17) is 12.2 Å². The van der Waals surface area contributed by atoms with Crippen molar-refractivity contribution in [1.82, 2.24) is 4.90 Å². The van der Waals surface area contributed by atoms with E-state index in [1.165, 1.54) is 5.69 Å². The van der Waals surface area contributed by atoms with Gasteiger partial charge in [0.15, 0.2) is 0 Å². The highest BCUT2D eigenvalue weighted by Crippen LogP contribution is 2.19. The number of thiol groups is 1. The summed E-state index contributed by atoms with van der Waals surface area (Å²) in [6, 6.07) is 8.42. The molecule has 1 aromatic rings. The fourth-order valence-electron chi connectivity index (χ4n) is 1.81. The number of nitrogens with zero attached hydrogens (tertiary/aromatic N) is 2. The zero-order chi connectivity index (χ0) is 11.5. The van der Waals surface area contributed by atoms with E-state index in [2.05, 4.69) is 62.6 Å². The topological polar surface area (TPSA) is 6.48 Å². The maximum absolute atomic E-state index is 5.05. The van der Waals surface area contributed by atoms with Crippen LogP contribution in [0.15, 0.2) is 28.7 Å². The molecule has 86 valence electrons. The Hall–Kier alpha value is -0.260. The number of benzene rings is 1. The van der Waals surface area contributed by atoms with Crippen LogP contribution in [0.5, 0.6) is 0 Å². The van der Waals surface area contributed by atoms with Crippen LogP contribution < -0.4 is 4.90 Å². The third kappa shape index (κ3) is 2.90. The van der Waals surface area contributed by atoms with Gasteiger partial charge in [-0.2, -0.15) is 0 Å². The van der Waals surface area contributed by atoms with Gasteiger partial charge in [-0.15, -0.1) is 12.6 Å². The molecule has 1 aromatic carbocycles. The molecule has 0 N–H and O–H groups in total. The molecule has 16 heavy (non-hydrogen) atoms. The van der Waals surface area contributed by atoms with Crippen molar-refractivity contribution in [2.75, 3.05) is 31.1 Å². The van der Waals surface area contributed by atoms with Crippen molar-refractivity contribution in [3.63, 3.8) is 0 Å². The van der Waals surface area contributed by atoms with E-state index in [1.54, 1.807) is 0 Å². The fraction of sp³-hybridized carbons (Fsp3) is 0.364. The summed E-state index contributed by atoms with van der Waals surface area (Å²) in [7, 11) is 0.